The van der Waals surface area contributed by atoms with E-state index in [1.54, 1.807) is 12.3 Å². The minimum atomic E-state index is -0.183. The van der Waals surface area contributed by atoms with E-state index in [2.05, 4.69) is 15.6 Å². The molecule has 0 unspecified atom stereocenters. The first kappa shape index (κ1) is 12.7. The van der Waals surface area contributed by atoms with Crippen LogP contribution < -0.4 is 10.6 Å². The van der Waals surface area contributed by atoms with Crippen LogP contribution in [0.3, 0.4) is 0 Å². The third-order valence-electron chi connectivity index (χ3n) is 3.34. The van der Waals surface area contributed by atoms with E-state index in [-0.39, 0.29) is 5.91 Å². The van der Waals surface area contributed by atoms with Gasteiger partial charge in [0.1, 0.15) is 5.69 Å². The molecule has 1 amide bonds. The van der Waals surface area contributed by atoms with Crippen molar-refractivity contribution in [3.05, 3.63) is 53.9 Å². The summed E-state index contributed by atoms with van der Waals surface area (Å²) in [6, 6.07) is 11.9. The van der Waals surface area contributed by atoms with Crippen LogP contribution >= 0.6 is 0 Å². The van der Waals surface area contributed by atoms with Crippen molar-refractivity contribution in [3.63, 3.8) is 0 Å². The molecule has 0 atom stereocenters. The smallest absolute Gasteiger partial charge is 0.274 e. The Bertz CT molecular complexity index is 618. The number of aryl methyl sites for hydroxylation is 1. The number of carbonyl (C=O) groups excluding carboxylic acids is 1. The van der Waals surface area contributed by atoms with Crippen LogP contribution in [0.5, 0.6) is 0 Å². The first-order valence-electron chi connectivity index (χ1n) is 6.82. The summed E-state index contributed by atoms with van der Waals surface area (Å²) in [5, 5.41) is 6.22. The quantitative estimate of drug-likeness (QED) is 0.894. The van der Waals surface area contributed by atoms with E-state index in [0.717, 1.165) is 16.9 Å². The van der Waals surface area contributed by atoms with Gasteiger partial charge in [-0.2, -0.15) is 0 Å². The predicted octanol–water partition coefficient (Wildman–Crippen LogP) is 3.22. The molecule has 1 aliphatic carbocycles. The molecule has 0 saturated heterocycles. The number of benzene rings is 1. The zero-order chi connectivity index (χ0) is 13.9. The summed E-state index contributed by atoms with van der Waals surface area (Å²) in [5.74, 6) is -0.183. The summed E-state index contributed by atoms with van der Waals surface area (Å²) in [5.41, 5.74) is 3.25. The molecule has 102 valence electrons. The topological polar surface area (TPSA) is 54.0 Å². The maximum Gasteiger partial charge on any atom is 0.274 e. The fourth-order valence-electron chi connectivity index (χ4n) is 1.98. The van der Waals surface area contributed by atoms with Gasteiger partial charge in [0.15, 0.2) is 0 Å². The Balaban J connectivity index is 1.68. The van der Waals surface area contributed by atoms with E-state index in [9.17, 15) is 4.79 Å². The average molecular weight is 267 g/mol. The lowest BCUT2D eigenvalue weighted by Crippen LogP contribution is -2.14. The molecule has 0 bridgehead atoms. The highest BCUT2D eigenvalue weighted by atomic mass is 16.1. The van der Waals surface area contributed by atoms with Gasteiger partial charge in [0.25, 0.3) is 5.91 Å². The normalized spacial score (nSPS) is 13.8. The Hall–Kier alpha value is -2.36. The van der Waals surface area contributed by atoms with Gasteiger partial charge in [0.2, 0.25) is 0 Å². The van der Waals surface area contributed by atoms with E-state index in [1.165, 1.54) is 12.8 Å². The Morgan fingerprint density at radius 1 is 1.20 bits per heavy atom. The number of nitrogens with one attached hydrogen (secondary N) is 2. The Morgan fingerprint density at radius 2 is 2.00 bits per heavy atom. The molecule has 0 radical (unpaired) electrons. The second-order valence-electron chi connectivity index (χ2n) is 5.12. The van der Waals surface area contributed by atoms with Gasteiger partial charge in [-0.15, -0.1) is 0 Å². The average Bonchev–Trinajstić information content (AvgIpc) is 3.26. The summed E-state index contributed by atoms with van der Waals surface area (Å²) >= 11 is 0. The number of pyridine rings is 1. The minimum Gasteiger partial charge on any atom is -0.381 e. The molecule has 2 N–H and O–H groups in total. The van der Waals surface area contributed by atoms with Crippen molar-refractivity contribution in [1.82, 2.24) is 4.98 Å². The van der Waals surface area contributed by atoms with E-state index >= 15 is 0 Å². The predicted molar refractivity (Wildman–Crippen MR) is 80.0 cm³/mol. The van der Waals surface area contributed by atoms with Crippen molar-refractivity contribution >= 4 is 17.3 Å². The molecule has 4 nitrogen and oxygen atoms in total. The summed E-state index contributed by atoms with van der Waals surface area (Å²) in [4.78, 5) is 16.3. The number of aromatic nitrogens is 1. The lowest BCUT2D eigenvalue weighted by atomic mass is 10.2. The van der Waals surface area contributed by atoms with Crippen LogP contribution in [-0.2, 0) is 0 Å². The minimum absolute atomic E-state index is 0.183. The number of para-hydroxylation sites is 1. The summed E-state index contributed by atoms with van der Waals surface area (Å²) in [7, 11) is 0. The zero-order valence-corrected chi connectivity index (χ0v) is 11.4. The highest BCUT2D eigenvalue weighted by Crippen LogP contribution is 2.24. The number of hydrogen-bond donors (Lipinski definition) is 2. The van der Waals surface area contributed by atoms with Crippen LogP contribution in [0.15, 0.2) is 42.6 Å². The highest BCUT2D eigenvalue weighted by Gasteiger charge is 2.20. The molecule has 2 aromatic rings. The third-order valence-corrected chi connectivity index (χ3v) is 3.34. The van der Waals surface area contributed by atoms with Crippen molar-refractivity contribution < 1.29 is 4.79 Å². The van der Waals surface area contributed by atoms with Crippen LogP contribution in [0.1, 0.15) is 28.9 Å². The molecule has 20 heavy (non-hydrogen) atoms. The van der Waals surface area contributed by atoms with Crippen molar-refractivity contribution in [2.75, 3.05) is 10.6 Å². The number of hydrogen-bond acceptors (Lipinski definition) is 3. The monoisotopic (exact) mass is 267 g/mol. The number of carbonyl (C=O) groups is 1. The third kappa shape index (κ3) is 2.96. The molecular weight excluding hydrogens is 250 g/mol. The second-order valence-corrected chi connectivity index (χ2v) is 5.12. The van der Waals surface area contributed by atoms with Gasteiger partial charge in [-0.05, 0) is 43.5 Å². The lowest BCUT2D eigenvalue weighted by molar-refractivity contribution is 0.102. The molecule has 4 heteroatoms. The standard InChI is InChI=1S/C16H17N3O/c1-11-4-2-3-5-14(11)19-16(20)15-9-8-13(10-17-15)18-12-6-7-12/h2-5,8-10,12,18H,6-7H2,1H3,(H,19,20). The first-order chi connectivity index (χ1) is 9.72. The van der Waals surface area contributed by atoms with Gasteiger partial charge >= 0.3 is 0 Å². The van der Waals surface area contributed by atoms with E-state index < -0.39 is 0 Å². The van der Waals surface area contributed by atoms with Crippen LogP contribution in [0.4, 0.5) is 11.4 Å². The van der Waals surface area contributed by atoms with Crippen molar-refractivity contribution in [3.8, 4) is 0 Å². The highest BCUT2D eigenvalue weighted by molar-refractivity contribution is 6.03. The van der Waals surface area contributed by atoms with Crippen molar-refractivity contribution in [1.29, 1.82) is 0 Å². The first-order valence-corrected chi connectivity index (χ1v) is 6.82. The summed E-state index contributed by atoms with van der Waals surface area (Å²) in [6.07, 6.45) is 4.15. The van der Waals surface area contributed by atoms with Crippen molar-refractivity contribution in [2.45, 2.75) is 25.8 Å². The number of anilines is 2. The van der Waals surface area contributed by atoms with E-state index in [1.807, 2.05) is 37.3 Å². The maximum absolute atomic E-state index is 12.1. The molecule has 0 spiro atoms. The molecule has 1 heterocycles. The molecule has 1 saturated carbocycles. The maximum atomic E-state index is 12.1. The largest absolute Gasteiger partial charge is 0.381 e. The van der Waals surface area contributed by atoms with Gasteiger partial charge in [-0.3, -0.25) is 4.79 Å². The van der Waals surface area contributed by atoms with Gasteiger partial charge in [0.05, 0.1) is 11.9 Å². The molecule has 1 aromatic carbocycles. The fraction of sp³-hybridized carbons (Fsp3) is 0.250. The van der Waals surface area contributed by atoms with Crippen LogP contribution in [0, 0.1) is 6.92 Å². The number of rotatable bonds is 4. The number of amides is 1. The Labute approximate surface area is 118 Å². The van der Waals surface area contributed by atoms with Crippen LogP contribution in [-0.4, -0.2) is 16.9 Å². The number of nitrogens with zero attached hydrogens (tertiary/aromatic N) is 1. The zero-order valence-electron chi connectivity index (χ0n) is 11.4. The van der Waals surface area contributed by atoms with Crippen molar-refractivity contribution in [2.24, 2.45) is 0 Å². The molecule has 1 aliphatic rings. The molecular formula is C16H17N3O. The summed E-state index contributed by atoms with van der Waals surface area (Å²) < 4.78 is 0. The lowest BCUT2D eigenvalue weighted by Gasteiger charge is -2.08. The Kier molecular flexibility index (Phi) is 3.37. The van der Waals surface area contributed by atoms with E-state index in [4.69, 9.17) is 0 Å². The van der Waals surface area contributed by atoms with Crippen LogP contribution in [0.25, 0.3) is 0 Å². The molecule has 1 fully saturated rings. The van der Waals surface area contributed by atoms with Gasteiger partial charge < -0.3 is 10.6 Å². The second kappa shape index (κ2) is 5.33. The molecule has 1 aromatic heterocycles. The Morgan fingerprint density at radius 3 is 2.65 bits per heavy atom. The van der Waals surface area contributed by atoms with Gasteiger partial charge in [-0.1, -0.05) is 18.2 Å². The summed E-state index contributed by atoms with van der Waals surface area (Å²) in [6.45, 7) is 1.96. The molecule has 3 rings (SSSR count). The fourth-order valence-corrected chi connectivity index (χ4v) is 1.98. The SMILES string of the molecule is Cc1ccccc1NC(=O)c1ccc(NC2CC2)cn1. The van der Waals surface area contributed by atoms with Crippen LogP contribution in [0.2, 0.25) is 0 Å². The molecule has 0 aliphatic heterocycles. The van der Waals surface area contributed by atoms with E-state index in [0.29, 0.717) is 11.7 Å². The van der Waals surface area contributed by atoms with Gasteiger partial charge in [0, 0.05) is 11.7 Å². The van der Waals surface area contributed by atoms with Gasteiger partial charge in [-0.25, -0.2) is 4.98 Å².